The first-order chi connectivity index (χ1) is 28.3. The van der Waals surface area contributed by atoms with Gasteiger partial charge in [0.2, 0.25) is 6.10 Å². The van der Waals surface area contributed by atoms with E-state index in [-0.39, 0.29) is 68.1 Å². The molecule has 0 aliphatic heterocycles. The Bertz CT molecular complexity index is 1800. The summed E-state index contributed by atoms with van der Waals surface area (Å²) in [6.45, 7) is -6.34. The minimum absolute atomic E-state index is 0.00741. The van der Waals surface area contributed by atoms with E-state index in [9.17, 15) is 74.7 Å². The number of anilines is 2. The lowest BCUT2D eigenvalue weighted by atomic mass is 10.0. The van der Waals surface area contributed by atoms with Crippen LogP contribution in [-0.2, 0) is 9.59 Å². The van der Waals surface area contributed by atoms with Crippen molar-refractivity contribution in [3.05, 3.63) is 43.7 Å². The third-order valence-corrected chi connectivity index (χ3v) is 14.3. The summed E-state index contributed by atoms with van der Waals surface area (Å²) in [6, 6.07) is 0. The fourth-order valence-corrected chi connectivity index (χ4v) is 14.5. The quantitative estimate of drug-likeness (QED) is 0.0433. The normalized spacial score (nSPS) is 12.6. The molecular formula is C33H40I6N6O15. The number of nitrogens with one attached hydrogen (secondary N) is 4. The summed E-state index contributed by atoms with van der Waals surface area (Å²) in [4.78, 5) is 84.5. The van der Waals surface area contributed by atoms with Crippen molar-refractivity contribution in [1.82, 2.24) is 21.3 Å². The topological polar surface area (TPSA) is 339 Å². The van der Waals surface area contributed by atoms with E-state index in [0.717, 1.165) is 9.80 Å². The minimum atomic E-state index is -2.65. The number of hydrogen-bond acceptors (Lipinski definition) is 15. The van der Waals surface area contributed by atoms with Crippen LogP contribution in [0, 0.1) is 21.4 Å². The third kappa shape index (κ3) is 13.7. The fourth-order valence-electron chi connectivity index (χ4n) is 5.08. The summed E-state index contributed by atoms with van der Waals surface area (Å²) >= 11 is 10.3. The molecule has 27 heteroatoms. The maximum Gasteiger partial charge on any atom is 0.265 e. The number of carbonyl (C=O) groups is 6. The lowest BCUT2D eigenvalue weighted by Gasteiger charge is -2.32. The van der Waals surface area contributed by atoms with Crippen LogP contribution in [0.1, 0.15) is 41.4 Å². The maximum atomic E-state index is 14.4. The van der Waals surface area contributed by atoms with Crippen molar-refractivity contribution in [3.63, 3.8) is 0 Å². The Kier molecular flexibility index (Phi) is 24.9. The SMILES string of the molecule is O=C(NCCO)c1c(I)c(C(=O)NCC(O)CO)c(I)c(N(CCO)C(=O)C(O)C(=O)N(CCO)c2c(I)c(C(=O)NCCO)c(I)c(C(=O)NCC(O)CO)c2I)c1I. The summed E-state index contributed by atoms with van der Waals surface area (Å²) in [5.74, 6) is -6.08. The summed E-state index contributed by atoms with van der Waals surface area (Å²) in [7, 11) is 0. The highest BCUT2D eigenvalue weighted by atomic mass is 127. The first kappa shape index (κ1) is 55.4. The molecule has 0 aromatic heterocycles. The van der Waals surface area contributed by atoms with Crippen LogP contribution in [0.25, 0.3) is 0 Å². The van der Waals surface area contributed by atoms with Crippen LogP contribution in [0.4, 0.5) is 11.4 Å². The van der Waals surface area contributed by atoms with Crippen molar-refractivity contribution in [3.8, 4) is 0 Å². The molecule has 2 aromatic rings. The highest BCUT2D eigenvalue weighted by molar-refractivity contribution is 14.1. The molecule has 0 fully saturated rings. The molecule has 13 N–H and O–H groups in total. The molecule has 334 valence electrons. The van der Waals surface area contributed by atoms with Crippen LogP contribution < -0.4 is 31.1 Å². The van der Waals surface area contributed by atoms with E-state index in [2.05, 4.69) is 21.3 Å². The maximum absolute atomic E-state index is 14.4. The van der Waals surface area contributed by atoms with Gasteiger partial charge in [0.05, 0.1) is 99.8 Å². The van der Waals surface area contributed by atoms with Gasteiger partial charge < -0.3 is 77.0 Å². The van der Waals surface area contributed by atoms with Gasteiger partial charge in [-0.05, 0) is 136 Å². The largest absolute Gasteiger partial charge is 0.395 e. The molecule has 21 nitrogen and oxygen atoms in total. The molecule has 0 bridgehead atoms. The van der Waals surface area contributed by atoms with Gasteiger partial charge in [0, 0.05) is 46.4 Å². The van der Waals surface area contributed by atoms with Crippen molar-refractivity contribution in [1.29, 1.82) is 0 Å². The number of aliphatic hydroxyl groups excluding tert-OH is 9. The van der Waals surface area contributed by atoms with Crippen LogP contribution in [0.3, 0.4) is 0 Å². The zero-order valence-corrected chi connectivity index (χ0v) is 43.8. The summed E-state index contributed by atoms with van der Waals surface area (Å²) in [5.41, 5.74) is -1.14. The Labute approximate surface area is 424 Å². The van der Waals surface area contributed by atoms with Gasteiger partial charge in [-0.2, -0.15) is 0 Å². The van der Waals surface area contributed by atoms with E-state index in [1.807, 2.05) is 0 Å². The number of rotatable bonds is 22. The Hall–Kier alpha value is -0.720. The van der Waals surface area contributed by atoms with Crippen LogP contribution in [0.5, 0.6) is 0 Å². The van der Waals surface area contributed by atoms with E-state index in [0.29, 0.717) is 0 Å². The number of hydrogen-bond donors (Lipinski definition) is 13. The van der Waals surface area contributed by atoms with E-state index >= 15 is 0 Å². The van der Waals surface area contributed by atoms with Crippen molar-refractivity contribution in [2.24, 2.45) is 0 Å². The number of carbonyl (C=O) groups excluding carboxylic acids is 6. The predicted octanol–water partition coefficient (Wildman–Crippen LogP) is -2.36. The van der Waals surface area contributed by atoms with Gasteiger partial charge in [0.15, 0.2) is 0 Å². The van der Waals surface area contributed by atoms with E-state index in [1.54, 1.807) is 136 Å². The molecular weight excluding hydrogens is 1480 g/mol. The van der Waals surface area contributed by atoms with Crippen LogP contribution in [0.15, 0.2) is 0 Å². The van der Waals surface area contributed by atoms with E-state index < -0.39 is 120 Å². The van der Waals surface area contributed by atoms with E-state index in [4.69, 9.17) is 0 Å². The number of halogens is 6. The predicted molar refractivity (Wildman–Crippen MR) is 264 cm³/mol. The van der Waals surface area contributed by atoms with Crippen LogP contribution in [-0.4, -0.2) is 179 Å². The van der Waals surface area contributed by atoms with Crippen molar-refractivity contribution in [2.75, 3.05) is 88.7 Å². The molecule has 0 aliphatic carbocycles. The lowest BCUT2D eigenvalue weighted by molar-refractivity contribution is -0.138. The van der Waals surface area contributed by atoms with E-state index in [1.165, 1.54) is 0 Å². The smallest absolute Gasteiger partial charge is 0.265 e. The molecule has 2 atom stereocenters. The first-order valence-corrected chi connectivity index (χ1v) is 23.7. The van der Waals surface area contributed by atoms with Gasteiger partial charge >= 0.3 is 0 Å². The van der Waals surface area contributed by atoms with Gasteiger partial charge in [-0.1, -0.05) is 0 Å². The number of amides is 6. The van der Waals surface area contributed by atoms with Gasteiger partial charge in [0.25, 0.3) is 35.4 Å². The Balaban J connectivity index is 2.93. The molecule has 0 heterocycles. The second-order valence-electron chi connectivity index (χ2n) is 12.0. The van der Waals surface area contributed by atoms with Crippen LogP contribution >= 0.6 is 136 Å². The van der Waals surface area contributed by atoms with Crippen molar-refractivity contribution >= 4 is 182 Å². The average Bonchev–Trinajstić information content (AvgIpc) is 3.21. The monoisotopic (exact) mass is 1520 g/mol. The van der Waals surface area contributed by atoms with Gasteiger partial charge in [-0.3, -0.25) is 28.8 Å². The van der Waals surface area contributed by atoms with Crippen molar-refractivity contribution in [2.45, 2.75) is 18.3 Å². The minimum Gasteiger partial charge on any atom is -0.395 e. The summed E-state index contributed by atoms with van der Waals surface area (Å²) < 4.78 is 0.135. The highest BCUT2D eigenvalue weighted by Gasteiger charge is 2.40. The zero-order valence-electron chi connectivity index (χ0n) is 30.9. The molecule has 0 aliphatic rings. The van der Waals surface area contributed by atoms with Gasteiger partial charge in [-0.15, -0.1) is 0 Å². The molecule has 0 saturated carbocycles. The zero-order chi connectivity index (χ0) is 45.6. The number of benzene rings is 2. The molecule has 2 unspecified atom stereocenters. The lowest BCUT2D eigenvalue weighted by Crippen LogP contribution is -2.51. The third-order valence-electron chi connectivity index (χ3n) is 7.90. The van der Waals surface area contributed by atoms with Gasteiger partial charge in [-0.25, -0.2) is 0 Å². The molecule has 0 spiro atoms. The second kappa shape index (κ2) is 26.9. The Morgan fingerprint density at radius 1 is 0.450 bits per heavy atom. The average molecular weight is 1520 g/mol. The Morgan fingerprint density at radius 2 is 0.733 bits per heavy atom. The number of nitrogens with zero attached hydrogens (tertiary/aromatic N) is 2. The highest BCUT2D eigenvalue weighted by Crippen LogP contribution is 2.40. The molecule has 2 aromatic carbocycles. The molecule has 6 amide bonds. The Morgan fingerprint density at radius 3 is 0.983 bits per heavy atom. The summed E-state index contributed by atoms with van der Waals surface area (Å²) in [5, 5.41) is 98.8. The standard InChI is InChI=1S/C33H40I6N6O15/c34-19-15(28(55)40-1-5-46)21(36)25(23(38)17(19)30(57)42-9-13(52)11-50)44(3-7-48)32(59)27(54)33(60)45(4-8-49)26-22(37)16(29(56)41-2-6-47)20(35)18(24(26)39)31(58)43-10-14(53)12-51/h13-14,27,46-54H,1-12H2,(H,40,55)(H,41,56)(H,42,57)(H,43,58). The second-order valence-corrected chi connectivity index (χ2v) is 18.4. The molecule has 0 saturated heterocycles. The summed E-state index contributed by atoms with van der Waals surface area (Å²) in [6.07, 6.45) is -5.36. The fraction of sp³-hybridized carbons (Fsp3) is 0.455. The number of aliphatic hydroxyl groups is 9. The first-order valence-electron chi connectivity index (χ1n) is 17.2. The van der Waals surface area contributed by atoms with Crippen molar-refractivity contribution < 1.29 is 74.7 Å². The molecule has 2 rings (SSSR count). The van der Waals surface area contributed by atoms with Gasteiger partial charge in [0.1, 0.15) is 0 Å². The van der Waals surface area contributed by atoms with Crippen LogP contribution in [0.2, 0.25) is 0 Å². The molecule has 60 heavy (non-hydrogen) atoms. The molecule has 0 radical (unpaired) electrons.